The van der Waals surface area contributed by atoms with Crippen molar-refractivity contribution in [3.05, 3.63) is 38.9 Å². The van der Waals surface area contributed by atoms with Crippen LogP contribution >= 0.6 is 11.6 Å². The fourth-order valence-corrected chi connectivity index (χ4v) is 2.97. The Bertz CT molecular complexity index is 487. The summed E-state index contributed by atoms with van der Waals surface area (Å²) < 4.78 is 0. The molecule has 1 aliphatic rings. The van der Waals surface area contributed by atoms with Gasteiger partial charge in [0, 0.05) is 42.3 Å². The summed E-state index contributed by atoms with van der Waals surface area (Å²) in [6.45, 7) is 1.37. The highest BCUT2D eigenvalue weighted by atomic mass is 35.5. The zero-order chi connectivity index (χ0) is 14.6. The second kappa shape index (κ2) is 6.52. The van der Waals surface area contributed by atoms with Crippen molar-refractivity contribution in [1.29, 1.82) is 0 Å². The summed E-state index contributed by atoms with van der Waals surface area (Å²) in [6, 6.07) is 4.45. The third kappa shape index (κ3) is 3.48. The third-order valence-corrected chi connectivity index (χ3v) is 4.42. The SMILES string of the molecule is O=[N+]([O-])c1ccc(Cl)c(CNCC2(CO)CCCC2)c1. The molecule has 1 aromatic rings. The number of benzene rings is 1. The van der Waals surface area contributed by atoms with Gasteiger partial charge in [-0.1, -0.05) is 24.4 Å². The lowest BCUT2D eigenvalue weighted by Gasteiger charge is -2.26. The molecule has 6 heteroatoms. The van der Waals surface area contributed by atoms with Gasteiger partial charge in [-0.25, -0.2) is 0 Å². The highest BCUT2D eigenvalue weighted by Crippen LogP contribution is 2.37. The average Bonchev–Trinajstić information content (AvgIpc) is 2.90. The van der Waals surface area contributed by atoms with E-state index in [1.165, 1.54) is 12.1 Å². The molecule has 0 saturated heterocycles. The Labute approximate surface area is 123 Å². The maximum absolute atomic E-state index is 10.8. The Balaban J connectivity index is 1.96. The molecular weight excluding hydrogens is 280 g/mol. The van der Waals surface area contributed by atoms with Crippen LogP contribution in [0.4, 0.5) is 5.69 Å². The fraction of sp³-hybridized carbons (Fsp3) is 0.571. The first-order chi connectivity index (χ1) is 9.56. The van der Waals surface area contributed by atoms with Crippen LogP contribution in [-0.4, -0.2) is 23.2 Å². The molecule has 5 nitrogen and oxygen atoms in total. The number of aliphatic hydroxyl groups excluding tert-OH is 1. The molecule has 0 atom stereocenters. The van der Waals surface area contributed by atoms with Gasteiger partial charge in [-0.15, -0.1) is 0 Å². The molecule has 0 aliphatic heterocycles. The number of hydrogen-bond acceptors (Lipinski definition) is 4. The Hall–Kier alpha value is -1.17. The molecule has 2 N–H and O–H groups in total. The molecule has 1 aliphatic carbocycles. The van der Waals surface area contributed by atoms with Gasteiger partial charge in [-0.2, -0.15) is 0 Å². The molecule has 1 saturated carbocycles. The number of nitro groups is 1. The maximum Gasteiger partial charge on any atom is 0.269 e. The van der Waals surface area contributed by atoms with Crippen LogP contribution in [0.2, 0.25) is 5.02 Å². The number of non-ortho nitro benzene ring substituents is 1. The number of nitro benzene ring substituents is 1. The average molecular weight is 299 g/mol. The lowest BCUT2D eigenvalue weighted by atomic mass is 9.87. The van der Waals surface area contributed by atoms with Crippen molar-refractivity contribution >= 4 is 17.3 Å². The van der Waals surface area contributed by atoms with E-state index in [-0.39, 0.29) is 17.7 Å². The predicted molar refractivity (Wildman–Crippen MR) is 77.8 cm³/mol. The van der Waals surface area contributed by atoms with Gasteiger partial charge in [0.05, 0.1) is 4.92 Å². The van der Waals surface area contributed by atoms with Crippen molar-refractivity contribution in [1.82, 2.24) is 5.32 Å². The van der Waals surface area contributed by atoms with Crippen molar-refractivity contribution in [2.24, 2.45) is 5.41 Å². The summed E-state index contributed by atoms with van der Waals surface area (Å²) in [7, 11) is 0. The number of nitrogens with one attached hydrogen (secondary N) is 1. The molecule has 110 valence electrons. The molecule has 0 heterocycles. The molecule has 2 rings (SSSR count). The van der Waals surface area contributed by atoms with Gasteiger partial charge < -0.3 is 10.4 Å². The first-order valence-corrected chi connectivity index (χ1v) is 7.18. The molecule has 0 bridgehead atoms. The maximum atomic E-state index is 10.8. The summed E-state index contributed by atoms with van der Waals surface area (Å²) in [5.41, 5.74) is 0.726. The zero-order valence-corrected chi connectivity index (χ0v) is 12.0. The second-order valence-electron chi connectivity index (χ2n) is 5.50. The summed E-state index contributed by atoms with van der Waals surface area (Å²) in [5, 5.41) is 24.1. The van der Waals surface area contributed by atoms with Gasteiger partial charge in [-0.3, -0.25) is 10.1 Å². The van der Waals surface area contributed by atoms with Gasteiger partial charge >= 0.3 is 0 Å². The number of halogens is 1. The highest BCUT2D eigenvalue weighted by molar-refractivity contribution is 6.31. The molecular formula is C14H19ClN2O3. The van der Waals surface area contributed by atoms with E-state index in [9.17, 15) is 15.2 Å². The quantitative estimate of drug-likeness (QED) is 0.625. The standard InChI is InChI=1S/C14H19ClN2O3/c15-13-4-3-12(17(19)20)7-11(13)8-16-9-14(10-18)5-1-2-6-14/h3-4,7,16,18H,1-2,5-6,8-10H2. The topological polar surface area (TPSA) is 75.4 Å². The van der Waals surface area contributed by atoms with Gasteiger partial charge in [-0.05, 0) is 24.5 Å². The lowest BCUT2D eigenvalue weighted by molar-refractivity contribution is -0.384. The van der Waals surface area contributed by atoms with Crippen LogP contribution in [-0.2, 0) is 6.54 Å². The molecule has 0 spiro atoms. The molecule has 0 aromatic heterocycles. The minimum Gasteiger partial charge on any atom is -0.396 e. The molecule has 1 aromatic carbocycles. The van der Waals surface area contributed by atoms with Crippen molar-refractivity contribution < 1.29 is 10.0 Å². The van der Waals surface area contributed by atoms with Crippen LogP contribution in [0.15, 0.2) is 18.2 Å². The molecule has 0 radical (unpaired) electrons. The predicted octanol–water partition coefficient (Wildman–Crippen LogP) is 2.89. The summed E-state index contributed by atoms with van der Waals surface area (Å²) in [5.74, 6) is 0. The van der Waals surface area contributed by atoms with Crippen molar-refractivity contribution in [3.8, 4) is 0 Å². The Morgan fingerprint density at radius 1 is 1.40 bits per heavy atom. The van der Waals surface area contributed by atoms with E-state index in [1.54, 1.807) is 6.07 Å². The molecule has 1 fully saturated rings. The first-order valence-electron chi connectivity index (χ1n) is 6.81. The van der Waals surface area contributed by atoms with Crippen LogP contribution < -0.4 is 5.32 Å². The van der Waals surface area contributed by atoms with E-state index in [4.69, 9.17) is 11.6 Å². The normalized spacial score (nSPS) is 17.3. The van der Waals surface area contributed by atoms with E-state index in [0.29, 0.717) is 23.7 Å². The second-order valence-corrected chi connectivity index (χ2v) is 5.91. The Morgan fingerprint density at radius 2 is 2.10 bits per heavy atom. The Morgan fingerprint density at radius 3 is 2.70 bits per heavy atom. The van der Waals surface area contributed by atoms with Gasteiger partial charge in [0.25, 0.3) is 5.69 Å². The third-order valence-electron chi connectivity index (χ3n) is 4.06. The van der Waals surface area contributed by atoms with Gasteiger partial charge in [0.2, 0.25) is 0 Å². The van der Waals surface area contributed by atoms with Gasteiger partial charge in [0.1, 0.15) is 0 Å². The highest BCUT2D eigenvalue weighted by Gasteiger charge is 2.32. The molecule has 0 amide bonds. The van der Waals surface area contributed by atoms with E-state index in [0.717, 1.165) is 25.7 Å². The van der Waals surface area contributed by atoms with Crippen LogP contribution in [0.3, 0.4) is 0 Å². The van der Waals surface area contributed by atoms with Crippen LogP contribution in [0.1, 0.15) is 31.2 Å². The van der Waals surface area contributed by atoms with E-state index >= 15 is 0 Å². The number of nitrogens with zero attached hydrogens (tertiary/aromatic N) is 1. The van der Waals surface area contributed by atoms with Crippen molar-refractivity contribution in [2.45, 2.75) is 32.2 Å². The van der Waals surface area contributed by atoms with Crippen LogP contribution in [0.5, 0.6) is 0 Å². The van der Waals surface area contributed by atoms with Crippen molar-refractivity contribution in [2.75, 3.05) is 13.2 Å². The monoisotopic (exact) mass is 298 g/mol. The van der Waals surface area contributed by atoms with E-state index in [2.05, 4.69) is 5.32 Å². The minimum atomic E-state index is -0.425. The molecule has 0 unspecified atom stereocenters. The van der Waals surface area contributed by atoms with E-state index < -0.39 is 4.92 Å². The lowest BCUT2D eigenvalue weighted by Crippen LogP contribution is -2.34. The Kier molecular flexibility index (Phi) is 4.96. The largest absolute Gasteiger partial charge is 0.396 e. The summed E-state index contributed by atoms with van der Waals surface area (Å²) >= 11 is 6.05. The number of aliphatic hydroxyl groups is 1. The van der Waals surface area contributed by atoms with Crippen LogP contribution in [0.25, 0.3) is 0 Å². The first kappa shape index (κ1) is 15.2. The summed E-state index contributed by atoms with van der Waals surface area (Å²) in [4.78, 5) is 10.3. The van der Waals surface area contributed by atoms with Gasteiger partial charge in [0.15, 0.2) is 0 Å². The van der Waals surface area contributed by atoms with E-state index in [1.807, 2.05) is 0 Å². The molecule has 20 heavy (non-hydrogen) atoms. The smallest absolute Gasteiger partial charge is 0.269 e. The number of hydrogen-bond donors (Lipinski definition) is 2. The van der Waals surface area contributed by atoms with Crippen LogP contribution in [0, 0.1) is 15.5 Å². The number of rotatable bonds is 6. The minimum absolute atomic E-state index is 0.0345. The zero-order valence-electron chi connectivity index (χ0n) is 11.3. The summed E-state index contributed by atoms with van der Waals surface area (Å²) in [6.07, 6.45) is 4.36. The van der Waals surface area contributed by atoms with Crippen molar-refractivity contribution in [3.63, 3.8) is 0 Å². The fourth-order valence-electron chi connectivity index (χ4n) is 2.79.